The van der Waals surface area contributed by atoms with E-state index < -0.39 is 0 Å². The van der Waals surface area contributed by atoms with Crippen LogP contribution in [0, 0.1) is 6.92 Å². The predicted molar refractivity (Wildman–Crippen MR) is 102 cm³/mol. The number of nitrogens with one attached hydrogen (secondary N) is 1. The van der Waals surface area contributed by atoms with Gasteiger partial charge in [0.25, 0.3) is 0 Å². The van der Waals surface area contributed by atoms with Gasteiger partial charge in [-0.05, 0) is 45.3 Å². The molecule has 0 spiro atoms. The lowest BCUT2D eigenvalue weighted by atomic mass is 10.1. The monoisotopic (exact) mass is 340 g/mol. The maximum absolute atomic E-state index is 6.01. The summed E-state index contributed by atoms with van der Waals surface area (Å²) in [5.41, 5.74) is 2.18. The first-order chi connectivity index (χ1) is 12.3. The van der Waals surface area contributed by atoms with Crippen LogP contribution in [-0.2, 0) is 6.54 Å². The first-order valence-corrected chi connectivity index (χ1v) is 9.43. The van der Waals surface area contributed by atoms with Gasteiger partial charge < -0.3 is 14.6 Å². The summed E-state index contributed by atoms with van der Waals surface area (Å²) in [6.07, 6.45) is 3.95. The van der Waals surface area contributed by atoms with E-state index in [4.69, 9.17) is 4.42 Å². The zero-order valence-corrected chi connectivity index (χ0v) is 15.3. The second-order valence-corrected chi connectivity index (χ2v) is 7.18. The second kappa shape index (κ2) is 7.08. The van der Waals surface area contributed by atoms with Crippen LogP contribution in [-0.4, -0.2) is 55.0 Å². The Morgan fingerprint density at radius 3 is 2.80 bits per heavy atom. The number of aliphatic imine (C=N–C) groups is 1. The minimum Gasteiger partial charge on any atom is -0.459 e. The van der Waals surface area contributed by atoms with Gasteiger partial charge in [0.2, 0.25) is 0 Å². The Bertz CT molecular complexity index is 760. The van der Waals surface area contributed by atoms with Crippen molar-refractivity contribution in [2.24, 2.45) is 4.99 Å². The van der Waals surface area contributed by atoms with E-state index in [0.29, 0.717) is 12.6 Å². The summed E-state index contributed by atoms with van der Waals surface area (Å²) in [6, 6.07) is 8.91. The van der Waals surface area contributed by atoms with Crippen molar-refractivity contribution in [3.8, 4) is 0 Å². The third kappa shape index (κ3) is 3.25. The van der Waals surface area contributed by atoms with Crippen molar-refractivity contribution < 1.29 is 4.42 Å². The highest BCUT2D eigenvalue weighted by Gasteiger charge is 2.30. The number of hydrogen-bond donors (Lipinski definition) is 1. The molecule has 0 saturated carbocycles. The molecule has 1 unspecified atom stereocenters. The van der Waals surface area contributed by atoms with Gasteiger partial charge in [0.15, 0.2) is 5.96 Å². The molecule has 1 atom stereocenters. The summed E-state index contributed by atoms with van der Waals surface area (Å²) >= 11 is 0. The maximum Gasteiger partial charge on any atom is 0.194 e. The fourth-order valence-corrected chi connectivity index (χ4v) is 4.22. The molecule has 2 aliphatic rings. The average Bonchev–Trinajstić information content (AvgIpc) is 3.36. The van der Waals surface area contributed by atoms with Crippen LogP contribution in [0.5, 0.6) is 0 Å². The third-order valence-corrected chi connectivity index (χ3v) is 5.68. The molecular weight excluding hydrogens is 312 g/mol. The van der Waals surface area contributed by atoms with Gasteiger partial charge >= 0.3 is 0 Å². The number of benzene rings is 1. The Morgan fingerprint density at radius 1 is 1.24 bits per heavy atom. The molecule has 1 aromatic carbocycles. The first kappa shape index (κ1) is 16.5. The zero-order valence-electron chi connectivity index (χ0n) is 15.3. The van der Waals surface area contributed by atoms with Crippen molar-refractivity contribution in [3.05, 3.63) is 35.6 Å². The van der Waals surface area contributed by atoms with Crippen molar-refractivity contribution in [3.63, 3.8) is 0 Å². The zero-order chi connectivity index (χ0) is 17.2. The molecule has 0 bridgehead atoms. The highest BCUT2D eigenvalue weighted by Crippen LogP contribution is 2.25. The minimum atomic E-state index is 0.679. The molecule has 1 N–H and O–H groups in total. The Hall–Kier alpha value is -2.01. The molecule has 0 amide bonds. The molecule has 2 fully saturated rings. The van der Waals surface area contributed by atoms with Crippen LogP contribution >= 0.6 is 0 Å². The molecule has 2 aromatic rings. The van der Waals surface area contributed by atoms with Crippen LogP contribution in [0.4, 0.5) is 0 Å². The van der Waals surface area contributed by atoms with Gasteiger partial charge in [0.1, 0.15) is 11.3 Å². The molecule has 0 radical (unpaired) electrons. The number of fused-ring (bicyclic) bond motifs is 1. The van der Waals surface area contributed by atoms with Gasteiger partial charge in [0, 0.05) is 37.1 Å². The van der Waals surface area contributed by atoms with E-state index in [1.807, 2.05) is 19.2 Å². The normalized spacial score (nSPS) is 22.2. The number of aryl methyl sites for hydroxylation is 1. The van der Waals surface area contributed by atoms with Crippen LogP contribution in [0.15, 0.2) is 33.7 Å². The fourth-order valence-electron chi connectivity index (χ4n) is 4.22. The molecule has 5 nitrogen and oxygen atoms in total. The van der Waals surface area contributed by atoms with Gasteiger partial charge in [-0.1, -0.05) is 18.2 Å². The largest absolute Gasteiger partial charge is 0.459 e. The quantitative estimate of drug-likeness (QED) is 0.689. The fraction of sp³-hybridized carbons (Fsp3) is 0.550. The van der Waals surface area contributed by atoms with Crippen molar-refractivity contribution in [2.45, 2.75) is 38.8 Å². The standard InChI is InChI=1S/C20H28N4O/c1-15-17-7-3-4-8-18(17)25-19(15)13-22-20(21-2)24-12-9-16(14-24)23-10-5-6-11-23/h3-4,7-8,16H,5-6,9-14H2,1-2H3,(H,21,22). The SMILES string of the molecule is CN=C(NCc1oc2ccccc2c1C)N1CCC(N2CCCC2)C1. The summed E-state index contributed by atoms with van der Waals surface area (Å²) in [6.45, 7) is 7.51. The maximum atomic E-state index is 6.01. The van der Waals surface area contributed by atoms with Crippen molar-refractivity contribution in [1.82, 2.24) is 15.1 Å². The third-order valence-electron chi connectivity index (χ3n) is 5.68. The second-order valence-electron chi connectivity index (χ2n) is 7.18. The lowest BCUT2D eigenvalue weighted by Crippen LogP contribution is -2.42. The van der Waals surface area contributed by atoms with Crippen LogP contribution in [0.25, 0.3) is 11.0 Å². The Kier molecular flexibility index (Phi) is 4.66. The van der Waals surface area contributed by atoms with Crippen LogP contribution in [0.2, 0.25) is 0 Å². The van der Waals surface area contributed by atoms with E-state index in [1.54, 1.807) is 0 Å². The van der Waals surface area contributed by atoms with E-state index >= 15 is 0 Å². The van der Waals surface area contributed by atoms with Gasteiger partial charge in [-0.25, -0.2) is 0 Å². The van der Waals surface area contributed by atoms with Crippen LogP contribution in [0.3, 0.4) is 0 Å². The number of nitrogens with zero attached hydrogens (tertiary/aromatic N) is 3. The lowest BCUT2D eigenvalue weighted by molar-refractivity contribution is 0.249. The number of likely N-dealkylation sites (tertiary alicyclic amines) is 2. The van der Waals surface area contributed by atoms with Gasteiger partial charge in [-0.3, -0.25) is 9.89 Å². The highest BCUT2D eigenvalue weighted by molar-refractivity contribution is 5.83. The summed E-state index contributed by atoms with van der Waals surface area (Å²) in [5.74, 6) is 1.99. The highest BCUT2D eigenvalue weighted by atomic mass is 16.3. The van der Waals surface area contributed by atoms with Crippen molar-refractivity contribution in [2.75, 3.05) is 33.2 Å². The van der Waals surface area contributed by atoms with Gasteiger partial charge in [-0.15, -0.1) is 0 Å². The number of rotatable bonds is 3. The molecular formula is C20H28N4O. The molecule has 25 heavy (non-hydrogen) atoms. The molecule has 5 heteroatoms. The summed E-state index contributed by atoms with van der Waals surface area (Å²) in [5, 5.41) is 4.70. The van der Waals surface area contributed by atoms with E-state index in [1.165, 1.54) is 43.3 Å². The predicted octanol–water partition coefficient (Wildman–Crippen LogP) is 2.99. The topological polar surface area (TPSA) is 44.0 Å². The Morgan fingerprint density at radius 2 is 2.04 bits per heavy atom. The summed E-state index contributed by atoms with van der Waals surface area (Å²) in [4.78, 5) is 9.54. The number of hydrogen-bond acceptors (Lipinski definition) is 3. The lowest BCUT2D eigenvalue weighted by Gasteiger charge is -2.25. The Balaban J connectivity index is 1.40. The van der Waals surface area contributed by atoms with E-state index in [9.17, 15) is 0 Å². The van der Waals surface area contributed by atoms with Gasteiger partial charge in [0.05, 0.1) is 6.54 Å². The Labute approximate surface area is 149 Å². The molecule has 3 heterocycles. The molecule has 134 valence electrons. The van der Waals surface area contributed by atoms with Crippen LogP contribution < -0.4 is 5.32 Å². The smallest absolute Gasteiger partial charge is 0.194 e. The number of guanidine groups is 1. The molecule has 0 aliphatic carbocycles. The van der Waals surface area contributed by atoms with E-state index in [2.05, 4.69) is 39.2 Å². The molecule has 2 saturated heterocycles. The van der Waals surface area contributed by atoms with Crippen LogP contribution in [0.1, 0.15) is 30.6 Å². The molecule has 1 aromatic heterocycles. The van der Waals surface area contributed by atoms with Crippen molar-refractivity contribution >= 4 is 16.9 Å². The first-order valence-electron chi connectivity index (χ1n) is 9.43. The number of para-hydroxylation sites is 1. The summed E-state index contributed by atoms with van der Waals surface area (Å²) < 4.78 is 6.01. The molecule has 4 rings (SSSR count). The van der Waals surface area contributed by atoms with Crippen molar-refractivity contribution in [1.29, 1.82) is 0 Å². The molecule has 2 aliphatic heterocycles. The summed E-state index contributed by atoms with van der Waals surface area (Å²) in [7, 11) is 1.87. The van der Waals surface area contributed by atoms with E-state index in [0.717, 1.165) is 30.4 Å². The van der Waals surface area contributed by atoms with E-state index in [-0.39, 0.29) is 0 Å². The minimum absolute atomic E-state index is 0.679. The average molecular weight is 340 g/mol. The number of furan rings is 1. The van der Waals surface area contributed by atoms with Gasteiger partial charge in [-0.2, -0.15) is 0 Å².